The smallest absolute Gasteiger partial charge is 0.256 e. The minimum atomic E-state index is -4.22. The number of hydrogen-bond acceptors (Lipinski definition) is 4. The summed E-state index contributed by atoms with van der Waals surface area (Å²) in [7, 11) is 0. The van der Waals surface area contributed by atoms with Gasteiger partial charge in [-0.05, 0) is 113 Å². The number of amidine groups is 2. The predicted molar refractivity (Wildman–Crippen MR) is 111 cm³/mol. The van der Waals surface area contributed by atoms with Gasteiger partial charge in [0.05, 0.1) is 0 Å². The van der Waals surface area contributed by atoms with Crippen LogP contribution in [0.2, 0.25) is 0 Å². The fourth-order valence-electron chi connectivity index (χ4n) is 1.06. The maximum Gasteiger partial charge on any atom is 0.371 e. The van der Waals surface area contributed by atoms with E-state index >= 15 is 0 Å². The standard InChI is InChI=1S/C2Cl10N6O2P4/c3-1(13-15-21(5,6)7)17-23(11,19)18(24(17,12)20)2(4)14-16-22(8,9)10. The third-order valence-electron chi connectivity index (χ3n) is 1.72. The van der Waals surface area contributed by atoms with Gasteiger partial charge < -0.3 is 0 Å². The normalized spacial score (nSPS) is 29.4. The summed E-state index contributed by atoms with van der Waals surface area (Å²) >= 11 is 55.6. The van der Waals surface area contributed by atoms with Crippen LogP contribution in [0.15, 0.2) is 19.9 Å². The molecule has 0 aliphatic carbocycles. The first-order valence-electron chi connectivity index (χ1n) is 4.59. The molecule has 140 valence electrons. The molecule has 1 saturated heterocycles. The topological polar surface area (TPSA) is 90.1 Å². The molecule has 8 nitrogen and oxygen atoms in total. The van der Waals surface area contributed by atoms with E-state index in [4.69, 9.17) is 113 Å². The maximum absolute atomic E-state index is 12.4. The number of hydrogen-bond donors (Lipinski definition) is 0. The Bertz CT molecular complexity index is 697. The lowest BCUT2D eigenvalue weighted by Crippen LogP contribution is -2.41. The van der Waals surface area contributed by atoms with Crippen LogP contribution in [0.5, 0.6) is 0 Å². The van der Waals surface area contributed by atoms with Crippen molar-refractivity contribution >= 4 is 148 Å². The molecule has 1 fully saturated rings. The van der Waals surface area contributed by atoms with E-state index in [1.165, 1.54) is 0 Å². The average Bonchev–Trinajstić information content (AvgIpc) is 2.30. The van der Waals surface area contributed by atoms with Gasteiger partial charge in [0.25, 0.3) is 0 Å². The van der Waals surface area contributed by atoms with Crippen LogP contribution in [-0.2, 0) is 9.13 Å². The number of nitrogens with zero attached hydrogens (tertiary/aromatic N) is 6. The van der Waals surface area contributed by atoms with Crippen LogP contribution in [0.1, 0.15) is 0 Å². The summed E-state index contributed by atoms with van der Waals surface area (Å²) in [6.45, 7) is -8.44. The molecular weight excluding hydrogens is 618 g/mol. The lowest BCUT2D eigenvalue weighted by Gasteiger charge is -2.48. The average molecular weight is 618 g/mol. The molecule has 0 amide bonds. The highest BCUT2D eigenvalue weighted by Crippen LogP contribution is 2.91. The third kappa shape index (κ3) is 6.39. The van der Waals surface area contributed by atoms with Crippen LogP contribution in [0, 0.1) is 0 Å². The Morgan fingerprint density at radius 1 is 0.708 bits per heavy atom. The monoisotopic (exact) mass is 614 g/mol. The molecule has 22 heteroatoms. The van der Waals surface area contributed by atoms with E-state index in [1.54, 1.807) is 0 Å². The third-order valence-corrected chi connectivity index (χ3v) is 13.1. The lowest BCUT2D eigenvalue weighted by molar-refractivity contribution is 0.495. The van der Waals surface area contributed by atoms with Crippen LogP contribution < -0.4 is 0 Å². The molecule has 1 heterocycles. The van der Waals surface area contributed by atoms with Crippen LogP contribution in [0.3, 0.4) is 0 Å². The van der Waals surface area contributed by atoms with Crippen molar-refractivity contribution in [1.82, 2.24) is 8.88 Å². The molecule has 0 radical (unpaired) electrons. The minimum absolute atomic E-state index is 0.358. The van der Waals surface area contributed by atoms with Crippen LogP contribution in [0.25, 0.3) is 0 Å². The Balaban J connectivity index is 3.28. The molecule has 1 rings (SSSR count). The number of halogens is 10. The van der Waals surface area contributed by atoms with Crippen molar-refractivity contribution in [3.05, 3.63) is 0 Å². The van der Waals surface area contributed by atoms with E-state index in [1.807, 2.05) is 0 Å². The van der Waals surface area contributed by atoms with E-state index in [2.05, 4.69) is 19.9 Å². The molecule has 0 N–H and O–H groups in total. The molecule has 1 aliphatic heterocycles. The zero-order valence-corrected chi connectivity index (χ0v) is 21.2. The van der Waals surface area contributed by atoms with Crippen molar-refractivity contribution < 1.29 is 9.13 Å². The Kier molecular flexibility index (Phi) is 8.92. The molecule has 0 aromatic rings. The van der Waals surface area contributed by atoms with E-state index in [9.17, 15) is 9.13 Å². The van der Waals surface area contributed by atoms with Crippen molar-refractivity contribution in [2.75, 3.05) is 0 Å². The van der Waals surface area contributed by atoms with Gasteiger partial charge in [0.2, 0.25) is 20.8 Å². The molecule has 0 saturated carbocycles. The van der Waals surface area contributed by atoms with Gasteiger partial charge in [-0.25, -0.2) is 0 Å². The SMILES string of the molecule is O=P1(Cl)N(C(Cl)=NN=P(Cl)(Cl)Cl)P(=O)(Cl)N1C(Cl)=NN=P(Cl)(Cl)Cl. The first-order chi connectivity index (χ1) is 10.5. The predicted octanol–water partition coefficient (Wildman–Crippen LogP) is 9.64. The first-order valence-corrected chi connectivity index (χ1v) is 19.3. The van der Waals surface area contributed by atoms with Gasteiger partial charge in [-0.2, -0.15) is 8.88 Å². The number of rotatable bonds is 2. The molecular formula is C2Cl10N6O2P4. The maximum atomic E-state index is 12.4. The lowest BCUT2D eigenvalue weighted by atomic mass is 11.3. The quantitative estimate of drug-likeness (QED) is 0.101. The fraction of sp³-hybridized carbons (Fsp3) is 0. The van der Waals surface area contributed by atoms with Crippen LogP contribution in [-0.4, -0.2) is 19.5 Å². The zero-order chi connectivity index (χ0) is 19.1. The molecule has 0 aromatic heterocycles. The Hall–Kier alpha value is 2.76. The van der Waals surface area contributed by atoms with Gasteiger partial charge in [0, 0.05) is 0 Å². The Labute approximate surface area is 184 Å². The molecule has 0 atom stereocenters. The summed E-state index contributed by atoms with van der Waals surface area (Å²) in [6.07, 6.45) is 0. The zero-order valence-electron chi connectivity index (χ0n) is 10.1. The Morgan fingerprint density at radius 3 is 1.17 bits per heavy atom. The van der Waals surface area contributed by atoms with Crippen LogP contribution in [0.4, 0.5) is 0 Å². The second-order valence-electron chi connectivity index (χ2n) is 3.28. The summed E-state index contributed by atoms with van der Waals surface area (Å²) in [6, 6.07) is 0. The van der Waals surface area contributed by atoms with Crippen molar-refractivity contribution in [2.24, 2.45) is 19.9 Å². The van der Waals surface area contributed by atoms with Crippen molar-refractivity contribution in [3.8, 4) is 0 Å². The summed E-state index contributed by atoms with van der Waals surface area (Å²) < 4.78 is 25.6. The molecule has 1 aliphatic rings. The summed E-state index contributed by atoms with van der Waals surface area (Å²) in [5.41, 5.74) is 0. The summed E-state index contributed by atoms with van der Waals surface area (Å²) in [5, 5.41) is -1.55. The Morgan fingerprint density at radius 2 is 0.958 bits per heavy atom. The first kappa shape index (κ1) is 24.8. The minimum Gasteiger partial charge on any atom is -0.256 e. The highest BCUT2D eigenvalue weighted by Gasteiger charge is 2.66. The van der Waals surface area contributed by atoms with Gasteiger partial charge in [-0.3, -0.25) is 9.13 Å². The van der Waals surface area contributed by atoms with E-state index in [0.717, 1.165) is 0 Å². The second kappa shape index (κ2) is 8.64. The van der Waals surface area contributed by atoms with E-state index in [-0.39, 0.29) is 0 Å². The van der Waals surface area contributed by atoms with E-state index < -0.39 is 34.4 Å². The molecule has 24 heavy (non-hydrogen) atoms. The largest absolute Gasteiger partial charge is 0.371 e. The van der Waals surface area contributed by atoms with Crippen molar-refractivity contribution in [1.29, 1.82) is 0 Å². The summed E-state index contributed by atoms with van der Waals surface area (Å²) in [5.74, 6) is 0. The van der Waals surface area contributed by atoms with Gasteiger partial charge in [-0.15, -0.1) is 19.9 Å². The highest BCUT2D eigenvalue weighted by molar-refractivity contribution is 8.26. The van der Waals surface area contributed by atoms with Crippen molar-refractivity contribution in [3.63, 3.8) is 0 Å². The summed E-state index contributed by atoms with van der Waals surface area (Å²) in [4.78, 5) is 6.49. The van der Waals surface area contributed by atoms with Crippen LogP contribution >= 0.6 is 137 Å². The fourth-order valence-corrected chi connectivity index (χ4v) is 12.6. The second-order valence-corrected chi connectivity index (χ2v) is 24.7. The molecule has 0 aromatic carbocycles. The van der Waals surface area contributed by atoms with Gasteiger partial charge in [0.15, 0.2) is 0 Å². The van der Waals surface area contributed by atoms with Gasteiger partial charge in [-0.1, -0.05) is 0 Å². The van der Waals surface area contributed by atoms with E-state index in [0.29, 0.717) is 8.88 Å². The van der Waals surface area contributed by atoms with Gasteiger partial charge in [0.1, 0.15) is 0 Å². The molecule has 0 spiro atoms. The highest BCUT2D eigenvalue weighted by atomic mass is 36.1. The van der Waals surface area contributed by atoms with Gasteiger partial charge >= 0.3 is 13.6 Å². The van der Waals surface area contributed by atoms with Crippen molar-refractivity contribution in [2.45, 2.75) is 0 Å². The molecule has 0 unspecified atom stereocenters. The molecule has 0 bridgehead atoms.